The molecule has 1 heterocycles. The number of aromatic nitrogens is 2. The zero-order chi connectivity index (χ0) is 14.5. The van der Waals surface area contributed by atoms with Crippen LogP contribution in [0.2, 0.25) is 0 Å². The van der Waals surface area contributed by atoms with E-state index >= 15 is 0 Å². The van der Waals surface area contributed by atoms with Crippen LogP contribution in [-0.2, 0) is 6.42 Å². The van der Waals surface area contributed by atoms with Crippen molar-refractivity contribution in [3.8, 4) is 17.1 Å². The first-order chi connectivity index (χ1) is 9.63. The summed E-state index contributed by atoms with van der Waals surface area (Å²) < 4.78 is 6.11. The summed E-state index contributed by atoms with van der Waals surface area (Å²) in [6.45, 7) is 2.08. The van der Waals surface area contributed by atoms with Crippen LogP contribution in [0.4, 0.5) is 0 Å². The fraction of sp³-hybridized carbons (Fsp3) is 0.333. The molecule has 5 heteroatoms. The molecule has 0 aliphatic carbocycles. The third kappa shape index (κ3) is 3.55. The number of ether oxygens (including phenoxy) is 1. The van der Waals surface area contributed by atoms with Crippen molar-refractivity contribution in [2.75, 3.05) is 7.11 Å². The lowest BCUT2D eigenvalue weighted by atomic mass is 10.1. The minimum absolute atomic E-state index is 0.139. The van der Waals surface area contributed by atoms with Crippen LogP contribution in [0.3, 0.4) is 0 Å². The number of hydrogen-bond donors (Lipinski definition) is 1. The Morgan fingerprint density at radius 1 is 1.35 bits per heavy atom. The van der Waals surface area contributed by atoms with E-state index in [0.717, 1.165) is 34.3 Å². The number of rotatable bonds is 5. The van der Waals surface area contributed by atoms with Gasteiger partial charge >= 0.3 is 0 Å². The Hall–Kier alpha value is -1.46. The quantitative estimate of drug-likeness (QED) is 0.911. The van der Waals surface area contributed by atoms with E-state index in [2.05, 4.69) is 32.8 Å². The minimum Gasteiger partial charge on any atom is -0.496 e. The molecule has 2 rings (SSSR count). The Balaban J connectivity index is 2.28. The third-order valence-electron chi connectivity index (χ3n) is 3.12. The third-order valence-corrected chi connectivity index (χ3v) is 3.74. The molecule has 1 unspecified atom stereocenters. The summed E-state index contributed by atoms with van der Waals surface area (Å²) in [4.78, 5) is 8.90. The van der Waals surface area contributed by atoms with Gasteiger partial charge in [-0.2, -0.15) is 0 Å². The van der Waals surface area contributed by atoms with Crippen molar-refractivity contribution in [2.24, 2.45) is 5.73 Å². The van der Waals surface area contributed by atoms with Crippen LogP contribution in [0, 0.1) is 0 Å². The molecule has 0 aliphatic rings. The molecule has 0 saturated carbocycles. The molecule has 2 N–H and O–H groups in total. The zero-order valence-corrected chi connectivity index (χ0v) is 13.2. The summed E-state index contributed by atoms with van der Waals surface area (Å²) in [6.07, 6.45) is 3.48. The first-order valence-electron chi connectivity index (χ1n) is 6.55. The van der Waals surface area contributed by atoms with Gasteiger partial charge in [0.15, 0.2) is 5.82 Å². The average molecular weight is 336 g/mol. The number of nitrogens with two attached hydrogens (primary N) is 1. The Bertz CT molecular complexity index is 589. The second kappa shape index (κ2) is 6.81. The first-order valence-corrected chi connectivity index (χ1v) is 7.34. The monoisotopic (exact) mass is 335 g/mol. The summed E-state index contributed by atoms with van der Waals surface area (Å²) in [6, 6.07) is 7.85. The van der Waals surface area contributed by atoms with Gasteiger partial charge in [-0.1, -0.05) is 6.92 Å². The molecule has 1 aromatic heterocycles. The van der Waals surface area contributed by atoms with E-state index < -0.39 is 0 Å². The highest BCUT2D eigenvalue weighted by Gasteiger charge is 2.08. The van der Waals surface area contributed by atoms with Gasteiger partial charge in [0.2, 0.25) is 0 Å². The molecule has 2 aromatic rings. The first kappa shape index (κ1) is 14.9. The molecular weight excluding hydrogens is 318 g/mol. The highest BCUT2D eigenvalue weighted by molar-refractivity contribution is 9.10. The van der Waals surface area contributed by atoms with Gasteiger partial charge in [0.05, 0.1) is 11.6 Å². The molecule has 0 bridgehead atoms. The molecule has 4 nitrogen and oxygen atoms in total. The normalized spacial score (nSPS) is 12.2. The summed E-state index contributed by atoms with van der Waals surface area (Å²) in [5.41, 5.74) is 7.89. The summed E-state index contributed by atoms with van der Waals surface area (Å²) >= 11 is 3.47. The lowest BCUT2D eigenvalue weighted by molar-refractivity contribution is 0.412. The Morgan fingerprint density at radius 3 is 2.80 bits per heavy atom. The Kier molecular flexibility index (Phi) is 5.09. The van der Waals surface area contributed by atoms with Gasteiger partial charge in [-0.25, -0.2) is 9.97 Å². The minimum atomic E-state index is 0.139. The van der Waals surface area contributed by atoms with Crippen LogP contribution >= 0.6 is 15.9 Å². The predicted octanol–water partition coefficient (Wildman–Crippen LogP) is 3.19. The molecule has 0 spiro atoms. The van der Waals surface area contributed by atoms with E-state index in [1.165, 1.54) is 0 Å². The van der Waals surface area contributed by atoms with Crippen molar-refractivity contribution in [3.63, 3.8) is 0 Å². The molecule has 106 valence electrons. The molecule has 20 heavy (non-hydrogen) atoms. The van der Waals surface area contributed by atoms with Gasteiger partial charge in [-0.15, -0.1) is 0 Å². The highest BCUT2D eigenvalue weighted by Crippen LogP contribution is 2.29. The number of benzene rings is 1. The lowest BCUT2D eigenvalue weighted by Gasteiger charge is -2.09. The topological polar surface area (TPSA) is 61.0 Å². The second-order valence-electron chi connectivity index (χ2n) is 4.59. The smallest absolute Gasteiger partial charge is 0.159 e. The van der Waals surface area contributed by atoms with Crippen molar-refractivity contribution >= 4 is 15.9 Å². The lowest BCUT2D eigenvalue weighted by Crippen LogP contribution is -2.22. The van der Waals surface area contributed by atoms with Gasteiger partial charge in [0, 0.05) is 29.9 Å². The van der Waals surface area contributed by atoms with Gasteiger partial charge in [0.25, 0.3) is 0 Å². The molecule has 0 radical (unpaired) electrons. The van der Waals surface area contributed by atoms with Crippen LogP contribution in [0.5, 0.6) is 5.75 Å². The van der Waals surface area contributed by atoms with E-state index in [0.29, 0.717) is 5.82 Å². The van der Waals surface area contributed by atoms with Gasteiger partial charge < -0.3 is 10.5 Å². The predicted molar refractivity (Wildman–Crippen MR) is 83.7 cm³/mol. The Labute approximate surface area is 127 Å². The maximum atomic E-state index is 5.97. The van der Waals surface area contributed by atoms with Gasteiger partial charge in [-0.05, 0) is 46.6 Å². The number of hydrogen-bond acceptors (Lipinski definition) is 4. The summed E-state index contributed by atoms with van der Waals surface area (Å²) in [7, 11) is 1.64. The van der Waals surface area contributed by atoms with E-state index in [9.17, 15) is 0 Å². The molecular formula is C15H18BrN3O. The standard InChI is InChI=1S/C15H18BrN3O/c1-3-11(17)9-12-6-7-18-15(19-12)10-4-5-14(20-2)13(16)8-10/h4-8,11H,3,9,17H2,1-2H3. The van der Waals surface area contributed by atoms with E-state index in [1.54, 1.807) is 13.3 Å². The summed E-state index contributed by atoms with van der Waals surface area (Å²) in [5.74, 6) is 1.49. The second-order valence-corrected chi connectivity index (χ2v) is 5.45. The van der Waals surface area contributed by atoms with Crippen LogP contribution in [0.25, 0.3) is 11.4 Å². The molecule has 0 saturated heterocycles. The maximum Gasteiger partial charge on any atom is 0.159 e. The zero-order valence-electron chi connectivity index (χ0n) is 11.6. The number of nitrogens with zero attached hydrogens (tertiary/aromatic N) is 2. The molecule has 1 aromatic carbocycles. The molecule has 1 atom stereocenters. The summed E-state index contributed by atoms with van der Waals surface area (Å²) in [5, 5.41) is 0. The number of halogens is 1. The number of methoxy groups -OCH3 is 1. The fourth-order valence-electron chi connectivity index (χ4n) is 1.87. The van der Waals surface area contributed by atoms with Crippen molar-refractivity contribution in [1.82, 2.24) is 9.97 Å². The Morgan fingerprint density at radius 2 is 2.15 bits per heavy atom. The SMILES string of the molecule is CCC(N)Cc1ccnc(-c2ccc(OC)c(Br)c2)n1. The van der Waals surface area contributed by atoms with Crippen LogP contribution in [0.15, 0.2) is 34.9 Å². The van der Waals surface area contributed by atoms with Crippen molar-refractivity contribution < 1.29 is 4.74 Å². The van der Waals surface area contributed by atoms with Gasteiger partial charge in [0.1, 0.15) is 5.75 Å². The van der Waals surface area contributed by atoms with Crippen molar-refractivity contribution in [1.29, 1.82) is 0 Å². The van der Waals surface area contributed by atoms with E-state index in [4.69, 9.17) is 10.5 Å². The van der Waals surface area contributed by atoms with Gasteiger partial charge in [-0.3, -0.25) is 0 Å². The molecule has 0 aliphatic heterocycles. The fourth-order valence-corrected chi connectivity index (χ4v) is 2.41. The largest absolute Gasteiger partial charge is 0.496 e. The average Bonchev–Trinajstić information content (AvgIpc) is 2.47. The highest BCUT2D eigenvalue weighted by atomic mass is 79.9. The van der Waals surface area contributed by atoms with Crippen molar-refractivity contribution in [2.45, 2.75) is 25.8 Å². The van der Waals surface area contributed by atoms with E-state index in [-0.39, 0.29) is 6.04 Å². The maximum absolute atomic E-state index is 5.97. The molecule has 0 fully saturated rings. The van der Waals surface area contributed by atoms with E-state index in [1.807, 2.05) is 24.3 Å². The van der Waals surface area contributed by atoms with Crippen LogP contribution in [0.1, 0.15) is 19.0 Å². The molecule has 0 amide bonds. The van der Waals surface area contributed by atoms with Crippen molar-refractivity contribution in [3.05, 3.63) is 40.6 Å². The van der Waals surface area contributed by atoms with Crippen LogP contribution in [-0.4, -0.2) is 23.1 Å². The van der Waals surface area contributed by atoms with Crippen LogP contribution < -0.4 is 10.5 Å².